The zero-order valence-electron chi connectivity index (χ0n) is 20.5. The van der Waals surface area contributed by atoms with Crippen molar-refractivity contribution >= 4 is 21.8 Å². The summed E-state index contributed by atoms with van der Waals surface area (Å²) < 4.78 is 42.0. The molecule has 4 heterocycles. The van der Waals surface area contributed by atoms with Crippen molar-refractivity contribution in [3.05, 3.63) is 47.3 Å². The topological polar surface area (TPSA) is 103 Å². The Hall–Kier alpha value is -1.37. The van der Waals surface area contributed by atoms with Gasteiger partial charge in [-0.25, -0.2) is 0 Å². The number of imidazole rings is 1. The summed E-state index contributed by atoms with van der Waals surface area (Å²) in [6.45, 7) is 7.93. The molecule has 2 fully saturated rings. The number of hydrogen-bond acceptors (Lipinski definition) is 8. The van der Waals surface area contributed by atoms with Crippen LogP contribution in [0.25, 0.3) is 11.0 Å². The number of hydrogen-bond donors (Lipinski definition) is 0. The summed E-state index contributed by atoms with van der Waals surface area (Å²) in [4.78, 5) is 13.3. The zero-order valence-corrected chi connectivity index (χ0v) is 23.4. The molecule has 2 aliphatic heterocycles. The van der Waals surface area contributed by atoms with Gasteiger partial charge in [0.25, 0.3) is 0 Å². The second-order valence-corrected chi connectivity index (χ2v) is 10.1. The first-order valence-electron chi connectivity index (χ1n) is 11.3. The quantitative estimate of drug-likeness (QED) is 0.400. The van der Waals surface area contributed by atoms with E-state index in [1.54, 1.807) is 12.3 Å². The van der Waals surface area contributed by atoms with Crippen LogP contribution >= 0.6 is 0 Å². The van der Waals surface area contributed by atoms with Crippen molar-refractivity contribution in [2.24, 2.45) is 0 Å². The minimum atomic E-state index is -1.42. The van der Waals surface area contributed by atoms with E-state index >= 15 is 0 Å². The first-order valence-corrected chi connectivity index (χ1v) is 12.6. The fraction of sp³-hybridized carbons (Fsp3) is 0.500. The van der Waals surface area contributed by atoms with Gasteiger partial charge in [0, 0.05) is 23.3 Å². The summed E-state index contributed by atoms with van der Waals surface area (Å²) in [6.07, 6.45) is 2.19. The number of aryl methyl sites for hydroxylation is 1. The second-order valence-electron chi connectivity index (χ2n) is 8.79. The average Bonchev–Trinajstić information content (AvgIpc) is 3.46. The standard InChI is InChI=1S/C24H28N3O6S.Na/c1-16-4-5-18-19(12-16)27-22(26-18)34(28)13-20-17(2)21(6-8-25-20)29-9-7-23(3)32-14-24(15-33-23)30-10-11-31-24;/h4-6,8,12H,7,9-11,13-15H2,1-3H3;/q-1;+1. The molecule has 0 N–H and O–H groups in total. The maximum atomic E-state index is 13.0. The molecule has 5 rings (SSSR count). The largest absolute Gasteiger partial charge is 1.00 e. The predicted molar refractivity (Wildman–Crippen MR) is 124 cm³/mol. The summed E-state index contributed by atoms with van der Waals surface area (Å²) in [5, 5.41) is 0.320. The van der Waals surface area contributed by atoms with E-state index in [9.17, 15) is 4.21 Å². The monoisotopic (exact) mass is 509 g/mol. The van der Waals surface area contributed by atoms with Crippen molar-refractivity contribution in [1.29, 1.82) is 0 Å². The third-order valence-corrected chi connectivity index (χ3v) is 7.24. The molecule has 1 spiro atoms. The number of pyridine rings is 1. The van der Waals surface area contributed by atoms with Gasteiger partial charge in [0.1, 0.15) is 19.0 Å². The molecule has 1 unspecified atom stereocenters. The first kappa shape index (κ1) is 26.7. The van der Waals surface area contributed by atoms with Crippen LogP contribution in [0, 0.1) is 13.8 Å². The molecule has 2 aliphatic rings. The van der Waals surface area contributed by atoms with E-state index in [1.165, 1.54) is 0 Å². The number of aromatic nitrogens is 3. The van der Waals surface area contributed by atoms with Crippen molar-refractivity contribution in [1.82, 2.24) is 15.0 Å². The average molecular weight is 510 g/mol. The maximum Gasteiger partial charge on any atom is 1.00 e. The van der Waals surface area contributed by atoms with E-state index < -0.39 is 22.4 Å². The molecule has 35 heavy (non-hydrogen) atoms. The molecule has 0 saturated carbocycles. The fourth-order valence-electron chi connectivity index (χ4n) is 3.96. The van der Waals surface area contributed by atoms with Crippen LogP contribution in [0.2, 0.25) is 0 Å². The van der Waals surface area contributed by atoms with Crippen molar-refractivity contribution in [2.75, 3.05) is 33.0 Å². The van der Waals surface area contributed by atoms with Crippen LogP contribution < -0.4 is 39.3 Å². The van der Waals surface area contributed by atoms with E-state index in [0.717, 1.165) is 22.2 Å². The Kier molecular flexibility index (Phi) is 8.34. The molecule has 1 atom stereocenters. The van der Waals surface area contributed by atoms with Gasteiger partial charge < -0.3 is 33.7 Å². The molecule has 0 radical (unpaired) electrons. The Morgan fingerprint density at radius 3 is 2.60 bits per heavy atom. The van der Waals surface area contributed by atoms with Gasteiger partial charge in [0.05, 0.1) is 42.1 Å². The number of fused-ring (bicyclic) bond motifs is 1. The van der Waals surface area contributed by atoms with Gasteiger partial charge in [0.15, 0.2) is 5.79 Å². The normalized spacial score (nSPS) is 19.5. The molecule has 9 nitrogen and oxygen atoms in total. The van der Waals surface area contributed by atoms with Gasteiger partial charge in [-0.05, 0) is 37.9 Å². The number of nitrogens with zero attached hydrogens (tertiary/aromatic N) is 3. The van der Waals surface area contributed by atoms with Gasteiger partial charge in [0.2, 0.25) is 5.79 Å². The van der Waals surface area contributed by atoms with Gasteiger partial charge >= 0.3 is 29.6 Å². The van der Waals surface area contributed by atoms with E-state index in [1.807, 2.05) is 39.0 Å². The molecule has 0 amide bonds. The third-order valence-electron chi connectivity index (χ3n) is 6.12. The Labute approximate surface area is 229 Å². The van der Waals surface area contributed by atoms with E-state index in [0.29, 0.717) is 56.1 Å². The van der Waals surface area contributed by atoms with E-state index in [4.69, 9.17) is 23.7 Å². The molecule has 0 bridgehead atoms. The Morgan fingerprint density at radius 1 is 1.11 bits per heavy atom. The molecule has 1 aromatic carbocycles. The third kappa shape index (κ3) is 5.97. The molecule has 0 aliphatic carbocycles. The smallest absolute Gasteiger partial charge is 0.493 e. The van der Waals surface area contributed by atoms with Crippen LogP contribution in [0.4, 0.5) is 0 Å². The summed E-state index contributed by atoms with van der Waals surface area (Å²) in [5.41, 5.74) is 4.11. The van der Waals surface area contributed by atoms with Gasteiger partial charge in [-0.15, -0.1) is 0 Å². The summed E-state index contributed by atoms with van der Waals surface area (Å²) in [5.74, 6) is -0.654. The molecule has 2 aromatic heterocycles. The van der Waals surface area contributed by atoms with Crippen LogP contribution in [0.5, 0.6) is 5.75 Å². The van der Waals surface area contributed by atoms with Crippen molar-refractivity contribution < 1.29 is 57.5 Å². The zero-order chi connectivity index (χ0) is 23.8. The van der Waals surface area contributed by atoms with Crippen molar-refractivity contribution in [3.63, 3.8) is 0 Å². The van der Waals surface area contributed by atoms with Crippen LogP contribution in [0.15, 0.2) is 35.6 Å². The maximum absolute atomic E-state index is 13.0. The Bertz CT molecular complexity index is 1200. The number of ether oxygens (including phenoxy) is 5. The predicted octanol–water partition coefficient (Wildman–Crippen LogP) is -0.209. The summed E-state index contributed by atoms with van der Waals surface area (Å²) in [7, 11) is -1.42. The minimum Gasteiger partial charge on any atom is -0.493 e. The molecule has 182 valence electrons. The van der Waals surface area contributed by atoms with Crippen molar-refractivity contribution in [2.45, 2.75) is 49.7 Å². The number of benzene rings is 1. The molecular weight excluding hydrogens is 481 g/mol. The van der Waals surface area contributed by atoms with Gasteiger partial charge in [-0.3, -0.25) is 9.19 Å². The van der Waals surface area contributed by atoms with Crippen LogP contribution in [-0.4, -0.2) is 58.8 Å². The van der Waals surface area contributed by atoms with Crippen LogP contribution in [0.3, 0.4) is 0 Å². The SMILES string of the molecule is Cc1ccc2[n-]c(S(=O)Cc3nccc(OCCC4(C)OCC5(CO4)OCCO5)c3C)nc2c1.[Na+]. The van der Waals surface area contributed by atoms with E-state index in [2.05, 4.69) is 15.0 Å². The second kappa shape index (κ2) is 10.9. The van der Waals surface area contributed by atoms with Crippen LogP contribution in [0.1, 0.15) is 30.2 Å². The minimum absolute atomic E-state index is 0. The molecular formula is C24H28N3NaO6S. The molecule has 3 aromatic rings. The van der Waals surface area contributed by atoms with Crippen LogP contribution in [-0.2, 0) is 35.5 Å². The van der Waals surface area contributed by atoms with Gasteiger partial charge in [-0.1, -0.05) is 23.8 Å². The Balaban J connectivity index is 0.00000289. The van der Waals surface area contributed by atoms with Gasteiger partial charge in [-0.2, -0.15) is 0 Å². The molecule has 2 saturated heterocycles. The summed E-state index contributed by atoms with van der Waals surface area (Å²) in [6, 6.07) is 7.60. The molecule has 11 heteroatoms. The number of rotatable bonds is 7. The van der Waals surface area contributed by atoms with Crippen molar-refractivity contribution in [3.8, 4) is 5.75 Å². The summed E-state index contributed by atoms with van der Waals surface area (Å²) >= 11 is 0. The Morgan fingerprint density at radius 2 is 1.86 bits per heavy atom. The van der Waals surface area contributed by atoms with E-state index in [-0.39, 0.29) is 35.3 Å². The first-order chi connectivity index (χ1) is 16.3. The fourth-order valence-corrected chi connectivity index (χ4v) is 5.03.